The van der Waals surface area contributed by atoms with Crippen LogP contribution in [-0.2, 0) is 16.0 Å². The number of nitrogens with one attached hydrogen (secondary N) is 2. The van der Waals surface area contributed by atoms with E-state index in [0.717, 1.165) is 50.8 Å². The monoisotopic (exact) mass is 471 g/mol. The van der Waals surface area contributed by atoms with E-state index < -0.39 is 0 Å². The zero-order valence-electron chi connectivity index (χ0n) is 19.1. The first kappa shape index (κ1) is 23.9. The summed E-state index contributed by atoms with van der Waals surface area (Å²) < 4.78 is 13.4. The third-order valence-corrected chi connectivity index (χ3v) is 7.93. The second-order valence-corrected chi connectivity index (χ2v) is 10.3. The Morgan fingerprint density at radius 2 is 1.79 bits per heavy atom. The van der Waals surface area contributed by atoms with E-state index in [2.05, 4.69) is 27.0 Å². The molecule has 7 heteroatoms. The maximum Gasteiger partial charge on any atom is 0.234 e. The molecule has 178 valence electrons. The fraction of sp³-hybridized carbons (Fsp3) is 0.538. The highest BCUT2D eigenvalue weighted by molar-refractivity contribution is 7.09. The van der Waals surface area contributed by atoms with Crippen LogP contribution in [0.5, 0.6) is 0 Å². The van der Waals surface area contributed by atoms with Gasteiger partial charge in [0.25, 0.3) is 0 Å². The minimum absolute atomic E-state index is 0.00933. The van der Waals surface area contributed by atoms with Crippen molar-refractivity contribution in [3.8, 4) is 0 Å². The number of likely N-dealkylation sites (tertiary alicyclic amines) is 1. The van der Waals surface area contributed by atoms with Gasteiger partial charge in [-0.25, -0.2) is 4.39 Å². The molecule has 0 spiro atoms. The van der Waals surface area contributed by atoms with Crippen LogP contribution in [0.4, 0.5) is 4.39 Å². The van der Waals surface area contributed by atoms with Crippen LogP contribution in [0.15, 0.2) is 41.8 Å². The van der Waals surface area contributed by atoms with Crippen LogP contribution < -0.4 is 10.6 Å². The van der Waals surface area contributed by atoms with Crippen LogP contribution >= 0.6 is 11.3 Å². The molecule has 1 aliphatic heterocycles. The molecular weight excluding hydrogens is 437 g/mol. The third kappa shape index (κ3) is 6.87. The molecular formula is C26H34FN3O2S. The predicted molar refractivity (Wildman–Crippen MR) is 129 cm³/mol. The van der Waals surface area contributed by atoms with Crippen LogP contribution in [0, 0.1) is 17.7 Å². The molecule has 2 aliphatic rings. The lowest BCUT2D eigenvalue weighted by Gasteiger charge is -2.32. The fourth-order valence-electron chi connectivity index (χ4n) is 5.12. The topological polar surface area (TPSA) is 61.4 Å². The van der Waals surface area contributed by atoms with Crippen molar-refractivity contribution in [2.24, 2.45) is 11.8 Å². The summed E-state index contributed by atoms with van der Waals surface area (Å²) >= 11 is 1.71. The minimum atomic E-state index is -0.256. The summed E-state index contributed by atoms with van der Waals surface area (Å²) in [5.74, 6) is 0.318. The van der Waals surface area contributed by atoms with E-state index in [-0.39, 0.29) is 29.6 Å². The zero-order valence-corrected chi connectivity index (χ0v) is 19.9. The summed E-state index contributed by atoms with van der Waals surface area (Å²) in [4.78, 5) is 28.8. The summed E-state index contributed by atoms with van der Waals surface area (Å²) in [5, 5.41) is 8.36. The number of rotatable bonds is 9. The van der Waals surface area contributed by atoms with Crippen LogP contribution in [0.1, 0.15) is 55.0 Å². The summed E-state index contributed by atoms with van der Waals surface area (Å²) in [6, 6.07) is 10.6. The Hall–Kier alpha value is -2.25. The number of thiophene rings is 1. The molecule has 1 unspecified atom stereocenters. The molecule has 33 heavy (non-hydrogen) atoms. The van der Waals surface area contributed by atoms with E-state index in [1.54, 1.807) is 23.5 Å². The van der Waals surface area contributed by atoms with Gasteiger partial charge in [-0.1, -0.05) is 31.0 Å². The largest absolute Gasteiger partial charge is 0.355 e. The Kier molecular flexibility index (Phi) is 8.51. The summed E-state index contributed by atoms with van der Waals surface area (Å²) in [6.07, 6.45) is 6.98. The van der Waals surface area contributed by atoms with Gasteiger partial charge < -0.3 is 10.6 Å². The number of halogens is 1. The number of piperidine rings is 1. The van der Waals surface area contributed by atoms with E-state index in [4.69, 9.17) is 0 Å². The van der Waals surface area contributed by atoms with Crippen molar-refractivity contribution >= 4 is 23.2 Å². The first-order valence-corrected chi connectivity index (χ1v) is 13.0. The second-order valence-electron chi connectivity index (χ2n) is 9.31. The summed E-state index contributed by atoms with van der Waals surface area (Å²) in [5.41, 5.74) is 0.981. The number of hydrogen-bond acceptors (Lipinski definition) is 4. The number of nitrogens with zero attached hydrogens (tertiary/aromatic N) is 1. The number of hydrogen-bond donors (Lipinski definition) is 2. The Morgan fingerprint density at radius 3 is 2.45 bits per heavy atom. The van der Waals surface area contributed by atoms with Gasteiger partial charge >= 0.3 is 0 Å². The number of amides is 2. The van der Waals surface area contributed by atoms with E-state index >= 15 is 0 Å². The molecule has 1 aliphatic carbocycles. The molecule has 1 saturated heterocycles. The summed E-state index contributed by atoms with van der Waals surface area (Å²) in [6.45, 7) is 2.52. The highest BCUT2D eigenvalue weighted by Crippen LogP contribution is 2.35. The first-order chi connectivity index (χ1) is 16.1. The van der Waals surface area contributed by atoms with Gasteiger partial charge in [0.2, 0.25) is 11.8 Å². The van der Waals surface area contributed by atoms with Gasteiger partial charge in [-0.05, 0) is 80.3 Å². The van der Waals surface area contributed by atoms with Crippen LogP contribution in [-0.4, -0.2) is 42.9 Å². The standard InChI is InChI=1S/C26H34FN3O2S/c27-22-9-7-20(8-10-22)25(19-4-1-2-5-19)29-24(31)18-30-15-12-21(13-16-30)26(32)28-14-11-23-6-3-17-33-23/h3,6-10,17,19,21,25H,1-2,4-5,11-16,18H2,(H,28,32)(H,29,31). The Balaban J connectivity index is 1.22. The van der Waals surface area contributed by atoms with Gasteiger partial charge in [-0.15, -0.1) is 11.3 Å². The van der Waals surface area contributed by atoms with E-state index in [0.29, 0.717) is 19.0 Å². The molecule has 1 aromatic carbocycles. The van der Waals surface area contributed by atoms with Crippen molar-refractivity contribution < 1.29 is 14.0 Å². The van der Waals surface area contributed by atoms with Gasteiger partial charge in [0.05, 0.1) is 12.6 Å². The van der Waals surface area contributed by atoms with Crippen molar-refractivity contribution in [1.29, 1.82) is 0 Å². The van der Waals surface area contributed by atoms with E-state index in [1.165, 1.54) is 29.9 Å². The lowest BCUT2D eigenvalue weighted by atomic mass is 9.91. The Morgan fingerprint density at radius 1 is 1.06 bits per heavy atom. The molecule has 2 fully saturated rings. The van der Waals surface area contributed by atoms with Crippen molar-refractivity contribution in [3.05, 3.63) is 58.0 Å². The number of carbonyl (C=O) groups excluding carboxylic acids is 2. The molecule has 4 rings (SSSR count). The maximum absolute atomic E-state index is 13.4. The molecule has 1 saturated carbocycles. The molecule has 5 nitrogen and oxygen atoms in total. The Labute approximate surface area is 199 Å². The smallest absolute Gasteiger partial charge is 0.234 e. The molecule has 2 heterocycles. The van der Waals surface area contributed by atoms with Crippen molar-refractivity contribution in [2.45, 2.75) is 51.0 Å². The van der Waals surface area contributed by atoms with E-state index in [1.807, 2.05) is 6.07 Å². The van der Waals surface area contributed by atoms with Crippen LogP contribution in [0.25, 0.3) is 0 Å². The summed E-state index contributed by atoms with van der Waals surface area (Å²) in [7, 11) is 0. The maximum atomic E-state index is 13.4. The quantitative estimate of drug-likeness (QED) is 0.573. The van der Waals surface area contributed by atoms with Gasteiger partial charge in [0.1, 0.15) is 5.82 Å². The fourth-order valence-corrected chi connectivity index (χ4v) is 5.83. The lowest BCUT2D eigenvalue weighted by molar-refractivity contribution is -0.127. The average Bonchev–Trinajstić information content (AvgIpc) is 3.53. The second kappa shape index (κ2) is 11.7. The molecule has 1 aromatic heterocycles. The first-order valence-electron chi connectivity index (χ1n) is 12.2. The van der Waals surface area contributed by atoms with Crippen molar-refractivity contribution in [1.82, 2.24) is 15.5 Å². The molecule has 0 radical (unpaired) electrons. The van der Waals surface area contributed by atoms with Gasteiger partial charge in [0.15, 0.2) is 0 Å². The van der Waals surface area contributed by atoms with Crippen molar-refractivity contribution in [2.75, 3.05) is 26.2 Å². The number of benzene rings is 1. The van der Waals surface area contributed by atoms with Gasteiger partial charge in [-0.3, -0.25) is 14.5 Å². The van der Waals surface area contributed by atoms with Crippen molar-refractivity contribution in [3.63, 3.8) is 0 Å². The molecule has 1 atom stereocenters. The van der Waals surface area contributed by atoms with Crippen LogP contribution in [0.2, 0.25) is 0 Å². The molecule has 2 N–H and O–H groups in total. The van der Waals surface area contributed by atoms with Gasteiger partial charge in [-0.2, -0.15) is 0 Å². The molecule has 2 amide bonds. The molecule has 0 bridgehead atoms. The lowest BCUT2D eigenvalue weighted by Crippen LogP contribution is -2.45. The number of carbonyl (C=O) groups is 2. The van der Waals surface area contributed by atoms with Gasteiger partial charge in [0, 0.05) is 17.3 Å². The van der Waals surface area contributed by atoms with E-state index in [9.17, 15) is 14.0 Å². The SMILES string of the molecule is O=C(CN1CCC(C(=O)NCCc2cccs2)CC1)NC(c1ccc(F)cc1)C1CCCC1. The predicted octanol–water partition coefficient (Wildman–Crippen LogP) is 4.31. The Bertz CT molecular complexity index is 889. The zero-order chi connectivity index (χ0) is 23.0. The van der Waals surface area contributed by atoms with Crippen LogP contribution in [0.3, 0.4) is 0 Å². The highest BCUT2D eigenvalue weighted by atomic mass is 32.1. The highest BCUT2D eigenvalue weighted by Gasteiger charge is 2.30. The normalized spacial score (nSPS) is 18.8. The third-order valence-electron chi connectivity index (χ3n) is 6.99. The average molecular weight is 472 g/mol. The molecule has 2 aromatic rings. The minimum Gasteiger partial charge on any atom is -0.355 e.